The predicted molar refractivity (Wildman–Crippen MR) is 89.5 cm³/mol. The molecule has 0 bridgehead atoms. The van der Waals surface area contributed by atoms with Crippen LogP contribution >= 0.6 is 0 Å². The fraction of sp³-hybridized carbons (Fsp3) is 0.368. The summed E-state index contributed by atoms with van der Waals surface area (Å²) in [5.74, 6) is 0.634. The van der Waals surface area contributed by atoms with Crippen LogP contribution in [0.15, 0.2) is 48.8 Å². The average Bonchev–Trinajstić information content (AvgIpc) is 2.56. The summed E-state index contributed by atoms with van der Waals surface area (Å²) in [7, 11) is 1.65. The Kier molecular flexibility index (Phi) is 5.74. The molecule has 1 heterocycles. The maximum Gasteiger partial charge on any atom is 0.306 e. The lowest BCUT2D eigenvalue weighted by Crippen LogP contribution is -2.29. The molecule has 4 nitrogen and oxygen atoms in total. The van der Waals surface area contributed by atoms with Crippen LogP contribution in [0.2, 0.25) is 0 Å². The van der Waals surface area contributed by atoms with Crippen LogP contribution in [0.25, 0.3) is 0 Å². The van der Waals surface area contributed by atoms with Crippen molar-refractivity contribution >= 4 is 5.97 Å². The lowest BCUT2D eigenvalue weighted by atomic mass is 9.75. The molecular formula is C19H23NO3. The topological polar surface area (TPSA) is 48.4 Å². The highest BCUT2D eigenvalue weighted by atomic mass is 16.5. The van der Waals surface area contributed by atoms with Gasteiger partial charge in [0, 0.05) is 17.8 Å². The Labute approximate surface area is 137 Å². The molecule has 0 aliphatic carbocycles. The minimum Gasteiger partial charge on any atom is -0.497 e. The fourth-order valence-electron chi connectivity index (χ4n) is 2.71. The first kappa shape index (κ1) is 17.0. The van der Waals surface area contributed by atoms with Crippen molar-refractivity contribution in [1.82, 2.24) is 4.98 Å². The number of pyridine rings is 1. The molecule has 0 amide bonds. The van der Waals surface area contributed by atoms with E-state index in [2.05, 4.69) is 11.9 Å². The van der Waals surface area contributed by atoms with E-state index in [4.69, 9.17) is 9.47 Å². The van der Waals surface area contributed by atoms with Gasteiger partial charge in [0.25, 0.3) is 0 Å². The number of methoxy groups -OCH3 is 1. The second kappa shape index (κ2) is 7.77. The maximum absolute atomic E-state index is 12.1. The third kappa shape index (κ3) is 4.55. The summed E-state index contributed by atoms with van der Waals surface area (Å²) in [5, 5.41) is 0. The van der Waals surface area contributed by atoms with Crippen LogP contribution in [0.5, 0.6) is 5.75 Å². The number of benzene rings is 1. The Balaban J connectivity index is 2.27. The van der Waals surface area contributed by atoms with E-state index in [9.17, 15) is 4.79 Å². The van der Waals surface area contributed by atoms with Crippen LogP contribution in [-0.2, 0) is 21.4 Å². The Morgan fingerprint density at radius 2 is 1.96 bits per heavy atom. The van der Waals surface area contributed by atoms with Crippen LogP contribution in [-0.4, -0.2) is 24.7 Å². The van der Waals surface area contributed by atoms with Gasteiger partial charge in [0.15, 0.2) is 0 Å². The van der Waals surface area contributed by atoms with Crippen molar-refractivity contribution in [3.8, 4) is 5.75 Å². The van der Waals surface area contributed by atoms with E-state index in [1.54, 1.807) is 13.3 Å². The van der Waals surface area contributed by atoms with Crippen molar-refractivity contribution in [3.63, 3.8) is 0 Å². The number of ether oxygens (including phenoxy) is 2. The summed E-state index contributed by atoms with van der Waals surface area (Å²) in [4.78, 5) is 16.3. The SMILES string of the molecule is CCOC(=O)CC(C)(Cc1ccc(OC)cc1)c1cccnc1. The molecule has 0 saturated carbocycles. The van der Waals surface area contributed by atoms with Gasteiger partial charge >= 0.3 is 5.97 Å². The predicted octanol–water partition coefficient (Wildman–Crippen LogP) is 3.54. The summed E-state index contributed by atoms with van der Waals surface area (Å²) in [6.07, 6.45) is 4.60. The monoisotopic (exact) mass is 313 g/mol. The van der Waals surface area contributed by atoms with Crippen LogP contribution in [0.4, 0.5) is 0 Å². The Bertz CT molecular complexity index is 625. The van der Waals surface area contributed by atoms with E-state index in [1.807, 2.05) is 49.5 Å². The molecule has 4 heteroatoms. The van der Waals surface area contributed by atoms with Gasteiger partial charge in [-0.2, -0.15) is 0 Å². The zero-order valence-corrected chi connectivity index (χ0v) is 13.9. The van der Waals surface area contributed by atoms with Gasteiger partial charge in [-0.15, -0.1) is 0 Å². The van der Waals surface area contributed by atoms with E-state index in [0.717, 1.165) is 23.3 Å². The summed E-state index contributed by atoms with van der Waals surface area (Å²) in [6.45, 7) is 4.29. The second-order valence-electron chi connectivity index (χ2n) is 5.81. The van der Waals surface area contributed by atoms with Gasteiger partial charge in [0.05, 0.1) is 20.1 Å². The van der Waals surface area contributed by atoms with Gasteiger partial charge in [0.2, 0.25) is 0 Å². The van der Waals surface area contributed by atoms with E-state index in [-0.39, 0.29) is 11.4 Å². The van der Waals surface area contributed by atoms with Crippen molar-refractivity contribution in [2.75, 3.05) is 13.7 Å². The largest absolute Gasteiger partial charge is 0.497 e. The summed E-state index contributed by atoms with van der Waals surface area (Å²) in [5.41, 5.74) is 1.81. The standard InChI is InChI=1S/C19H23NO3/c1-4-23-18(21)13-19(2,16-6-5-11-20-14-16)12-15-7-9-17(22-3)10-8-15/h5-11,14H,4,12-13H2,1-3H3. The summed E-state index contributed by atoms with van der Waals surface area (Å²) in [6, 6.07) is 11.8. The molecule has 2 rings (SSSR count). The van der Waals surface area contributed by atoms with Gasteiger partial charge < -0.3 is 9.47 Å². The molecule has 0 radical (unpaired) electrons. The zero-order valence-electron chi connectivity index (χ0n) is 13.9. The molecule has 0 aliphatic rings. The van der Waals surface area contributed by atoms with Crippen LogP contribution in [0, 0.1) is 0 Å². The lowest BCUT2D eigenvalue weighted by molar-refractivity contribution is -0.144. The Morgan fingerprint density at radius 1 is 1.22 bits per heavy atom. The number of hydrogen-bond donors (Lipinski definition) is 0. The highest BCUT2D eigenvalue weighted by molar-refractivity contribution is 5.71. The number of rotatable bonds is 7. The minimum atomic E-state index is -0.366. The summed E-state index contributed by atoms with van der Waals surface area (Å²) >= 11 is 0. The van der Waals surface area contributed by atoms with Crippen molar-refractivity contribution in [2.24, 2.45) is 0 Å². The second-order valence-corrected chi connectivity index (χ2v) is 5.81. The third-order valence-corrected chi connectivity index (χ3v) is 3.95. The molecule has 0 aliphatic heterocycles. The van der Waals surface area contributed by atoms with Gasteiger partial charge in [-0.3, -0.25) is 9.78 Å². The average molecular weight is 313 g/mol. The van der Waals surface area contributed by atoms with Crippen molar-refractivity contribution in [3.05, 3.63) is 59.9 Å². The van der Waals surface area contributed by atoms with E-state index in [0.29, 0.717) is 13.0 Å². The smallest absolute Gasteiger partial charge is 0.306 e. The van der Waals surface area contributed by atoms with Gasteiger partial charge in [-0.1, -0.05) is 25.1 Å². The Morgan fingerprint density at radius 3 is 2.52 bits per heavy atom. The minimum absolute atomic E-state index is 0.188. The highest BCUT2D eigenvalue weighted by Gasteiger charge is 2.31. The number of esters is 1. The van der Waals surface area contributed by atoms with Crippen LogP contribution in [0.1, 0.15) is 31.4 Å². The number of nitrogens with zero attached hydrogens (tertiary/aromatic N) is 1. The van der Waals surface area contributed by atoms with Gasteiger partial charge in [-0.25, -0.2) is 0 Å². The maximum atomic E-state index is 12.1. The summed E-state index contributed by atoms with van der Waals surface area (Å²) < 4.78 is 10.4. The van der Waals surface area contributed by atoms with E-state index < -0.39 is 0 Å². The molecular weight excluding hydrogens is 290 g/mol. The first-order valence-corrected chi connectivity index (χ1v) is 7.76. The van der Waals surface area contributed by atoms with E-state index >= 15 is 0 Å². The normalized spacial score (nSPS) is 13.2. The van der Waals surface area contributed by atoms with Gasteiger partial charge in [0.1, 0.15) is 5.75 Å². The number of hydrogen-bond acceptors (Lipinski definition) is 4. The number of aromatic nitrogens is 1. The molecule has 0 N–H and O–H groups in total. The van der Waals surface area contributed by atoms with Crippen LogP contribution < -0.4 is 4.74 Å². The molecule has 1 unspecified atom stereocenters. The molecule has 23 heavy (non-hydrogen) atoms. The first-order chi connectivity index (χ1) is 11.1. The Hall–Kier alpha value is -2.36. The van der Waals surface area contributed by atoms with Crippen molar-refractivity contribution < 1.29 is 14.3 Å². The molecule has 0 spiro atoms. The molecule has 0 fully saturated rings. The lowest BCUT2D eigenvalue weighted by Gasteiger charge is -2.29. The molecule has 0 saturated heterocycles. The van der Waals surface area contributed by atoms with E-state index in [1.165, 1.54) is 0 Å². The molecule has 1 aromatic carbocycles. The van der Waals surface area contributed by atoms with Crippen molar-refractivity contribution in [2.45, 2.75) is 32.1 Å². The molecule has 1 aromatic heterocycles. The quantitative estimate of drug-likeness (QED) is 0.734. The van der Waals surface area contributed by atoms with Gasteiger partial charge in [-0.05, 0) is 42.7 Å². The van der Waals surface area contributed by atoms with Crippen LogP contribution in [0.3, 0.4) is 0 Å². The highest BCUT2D eigenvalue weighted by Crippen LogP contribution is 2.32. The number of carbonyl (C=O) groups excluding carboxylic acids is 1. The first-order valence-electron chi connectivity index (χ1n) is 7.76. The fourth-order valence-corrected chi connectivity index (χ4v) is 2.71. The number of carbonyl (C=O) groups is 1. The third-order valence-electron chi connectivity index (χ3n) is 3.95. The molecule has 122 valence electrons. The molecule has 2 aromatic rings. The molecule has 1 atom stereocenters. The van der Waals surface area contributed by atoms with Crippen molar-refractivity contribution in [1.29, 1.82) is 0 Å². The zero-order chi connectivity index (χ0) is 16.7.